The highest BCUT2D eigenvalue weighted by molar-refractivity contribution is 7.10. The maximum atomic E-state index is 10.4. The van der Waals surface area contributed by atoms with E-state index in [-0.39, 0.29) is 0 Å². The molecular weight excluding hydrogens is 282 g/mol. The van der Waals surface area contributed by atoms with Crippen molar-refractivity contribution in [3.05, 3.63) is 57.8 Å². The molecule has 3 nitrogen and oxygen atoms in total. The average molecular weight is 299 g/mol. The van der Waals surface area contributed by atoms with Gasteiger partial charge in [0.2, 0.25) is 5.88 Å². The molecule has 0 aliphatic rings. The van der Waals surface area contributed by atoms with Crippen molar-refractivity contribution >= 4 is 22.2 Å². The predicted octanol–water partition coefficient (Wildman–Crippen LogP) is 3.95. The summed E-state index contributed by atoms with van der Waals surface area (Å²) < 4.78 is 5.32. The third-order valence-corrected chi connectivity index (χ3v) is 4.51. The van der Waals surface area contributed by atoms with E-state index >= 15 is 0 Å². The Morgan fingerprint density at radius 3 is 2.81 bits per heavy atom. The van der Waals surface area contributed by atoms with Crippen molar-refractivity contribution in [2.75, 3.05) is 7.11 Å². The molecule has 21 heavy (non-hydrogen) atoms. The Labute approximate surface area is 127 Å². The quantitative estimate of drug-likeness (QED) is 0.793. The van der Waals surface area contributed by atoms with E-state index in [1.54, 1.807) is 18.4 Å². The molecule has 1 unspecified atom stereocenters. The van der Waals surface area contributed by atoms with Gasteiger partial charge in [-0.1, -0.05) is 19.1 Å². The molecule has 0 fully saturated rings. The molecule has 0 spiro atoms. The van der Waals surface area contributed by atoms with Gasteiger partial charge in [0.25, 0.3) is 0 Å². The Morgan fingerprint density at radius 2 is 2.14 bits per heavy atom. The van der Waals surface area contributed by atoms with E-state index in [9.17, 15) is 5.11 Å². The molecular formula is C17H17NO2S. The van der Waals surface area contributed by atoms with Gasteiger partial charge in [-0.15, -0.1) is 11.3 Å². The molecule has 1 N–H and O–H groups in total. The van der Waals surface area contributed by atoms with E-state index in [1.165, 1.54) is 0 Å². The Hall–Kier alpha value is -1.91. The van der Waals surface area contributed by atoms with Gasteiger partial charge in [-0.3, -0.25) is 0 Å². The first-order valence-corrected chi connectivity index (χ1v) is 7.80. The lowest BCUT2D eigenvalue weighted by Crippen LogP contribution is -1.99. The summed E-state index contributed by atoms with van der Waals surface area (Å²) in [6.45, 7) is 2.08. The van der Waals surface area contributed by atoms with E-state index in [0.29, 0.717) is 5.88 Å². The Morgan fingerprint density at radius 1 is 1.29 bits per heavy atom. The highest BCUT2D eigenvalue weighted by atomic mass is 32.1. The van der Waals surface area contributed by atoms with Crippen LogP contribution in [0.15, 0.2) is 41.8 Å². The maximum absolute atomic E-state index is 10.4. The number of aromatic nitrogens is 1. The fraction of sp³-hybridized carbons (Fsp3) is 0.235. The molecule has 0 aliphatic carbocycles. The largest absolute Gasteiger partial charge is 0.481 e. The third kappa shape index (κ3) is 2.64. The summed E-state index contributed by atoms with van der Waals surface area (Å²) in [6.07, 6.45) is 0.283. The first-order chi connectivity index (χ1) is 10.2. The third-order valence-electron chi connectivity index (χ3n) is 3.58. The van der Waals surface area contributed by atoms with Crippen molar-refractivity contribution in [2.45, 2.75) is 19.4 Å². The molecule has 0 aliphatic heterocycles. The van der Waals surface area contributed by atoms with Gasteiger partial charge in [-0.2, -0.15) is 0 Å². The lowest BCUT2D eigenvalue weighted by Gasteiger charge is -2.12. The number of methoxy groups -OCH3 is 1. The highest BCUT2D eigenvalue weighted by Gasteiger charge is 2.13. The van der Waals surface area contributed by atoms with Crippen LogP contribution in [0.25, 0.3) is 10.9 Å². The number of pyridine rings is 1. The fourth-order valence-corrected chi connectivity index (χ4v) is 3.17. The van der Waals surface area contributed by atoms with Crippen LogP contribution in [0.3, 0.4) is 0 Å². The lowest BCUT2D eigenvalue weighted by atomic mass is 10.0. The second-order valence-corrected chi connectivity index (χ2v) is 5.86. The Kier molecular flexibility index (Phi) is 3.90. The number of hydrogen-bond donors (Lipinski definition) is 1. The minimum Gasteiger partial charge on any atom is -0.481 e. The minimum absolute atomic E-state index is 0.582. The molecule has 0 saturated heterocycles. The van der Waals surface area contributed by atoms with Gasteiger partial charge < -0.3 is 9.84 Å². The zero-order valence-corrected chi connectivity index (χ0v) is 12.9. The molecule has 0 amide bonds. The van der Waals surface area contributed by atoms with Crippen LogP contribution in [0.1, 0.15) is 29.0 Å². The molecule has 3 rings (SSSR count). The number of aliphatic hydroxyl groups is 1. The normalized spacial score (nSPS) is 12.5. The monoisotopic (exact) mass is 299 g/mol. The zero-order valence-electron chi connectivity index (χ0n) is 12.0. The van der Waals surface area contributed by atoms with Gasteiger partial charge in [-0.25, -0.2) is 4.98 Å². The smallest absolute Gasteiger partial charge is 0.216 e. The van der Waals surface area contributed by atoms with Crippen molar-refractivity contribution in [3.63, 3.8) is 0 Å². The molecule has 1 aromatic carbocycles. The second-order valence-electron chi connectivity index (χ2n) is 4.88. The summed E-state index contributed by atoms with van der Waals surface area (Å²) in [4.78, 5) is 5.48. The Bertz CT molecular complexity index is 753. The summed E-state index contributed by atoms with van der Waals surface area (Å²) in [5.74, 6) is 0.677. The van der Waals surface area contributed by atoms with Gasteiger partial charge in [0.1, 0.15) is 6.10 Å². The van der Waals surface area contributed by atoms with Crippen molar-refractivity contribution < 1.29 is 9.84 Å². The van der Waals surface area contributed by atoms with Gasteiger partial charge in [0.15, 0.2) is 0 Å². The maximum Gasteiger partial charge on any atom is 0.216 e. The SMILES string of the molecule is CCc1cc2cc(C(O)c3cccs3)ccc2nc1OC. The number of nitrogens with zero attached hydrogens (tertiary/aromatic N) is 1. The molecule has 4 heteroatoms. The van der Waals surface area contributed by atoms with Gasteiger partial charge >= 0.3 is 0 Å². The standard InChI is InChI=1S/C17H17NO2S/c1-3-11-9-13-10-12(16(19)15-5-4-8-21-15)6-7-14(13)18-17(11)20-2/h4-10,16,19H,3H2,1-2H3. The fourth-order valence-electron chi connectivity index (χ4n) is 2.43. The predicted molar refractivity (Wildman–Crippen MR) is 86.1 cm³/mol. The molecule has 108 valence electrons. The van der Waals surface area contributed by atoms with Crippen LogP contribution in [-0.4, -0.2) is 17.2 Å². The number of fused-ring (bicyclic) bond motifs is 1. The van der Waals surface area contributed by atoms with Gasteiger partial charge in [-0.05, 0) is 41.6 Å². The molecule has 1 atom stereocenters. The lowest BCUT2D eigenvalue weighted by molar-refractivity contribution is 0.224. The zero-order chi connectivity index (χ0) is 14.8. The molecule has 0 saturated carbocycles. The van der Waals surface area contributed by atoms with Crippen LogP contribution in [-0.2, 0) is 6.42 Å². The van der Waals surface area contributed by atoms with E-state index in [0.717, 1.165) is 33.3 Å². The second kappa shape index (κ2) is 5.84. The van der Waals surface area contributed by atoms with Crippen LogP contribution >= 0.6 is 11.3 Å². The average Bonchev–Trinajstić information content (AvgIpc) is 3.06. The summed E-state index contributed by atoms with van der Waals surface area (Å²) in [5, 5.41) is 13.4. The number of hydrogen-bond acceptors (Lipinski definition) is 4. The van der Waals surface area contributed by atoms with E-state index < -0.39 is 6.10 Å². The number of rotatable bonds is 4. The summed E-state index contributed by atoms with van der Waals surface area (Å²) in [6, 6.07) is 11.8. The summed E-state index contributed by atoms with van der Waals surface area (Å²) >= 11 is 1.56. The Balaban J connectivity index is 2.07. The van der Waals surface area contributed by atoms with Crippen LogP contribution in [0.5, 0.6) is 5.88 Å². The first kappa shape index (κ1) is 14.0. The molecule has 0 radical (unpaired) electrons. The van der Waals surface area contributed by atoms with Crippen molar-refractivity contribution in [1.29, 1.82) is 0 Å². The van der Waals surface area contributed by atoms with Crippen molar-refractivity contribution in [3.8, 4) is 5.88 Å². The van der Waals surface area contributed by atoms with Crippen molar-refractivity contribution in [1.82, 2.24) is 4.98 Å². The van der Waals surface area contributed by atoms with Crippen LogP contribution in [0.4, 0.5) is 0 Å². The first-order valence-electron chi connectivity index (χ1n) is 6.92. The number of thiophene rings is 1. The minimum atomic E-state index is -0.582. The molecule has 2 aromatic heterocycles. The van der Waals surface area contributed by atoms with E-state index in [1.807, 2.05) is 35.7 Å². The topological polar surface area (TPSA) is 42.4 Å². The van der Waals surface area contributed by atoms with Crippen molar-refractivity contribution in [2.24, 2.45) is 0 Å². The number of aliphatic hydroxyl groups excluding tert-OH is 1. The van der Waals surface area contributed by atoms with Crippen LogP contribution in [0, 0.1) is 0 Å². The van der Waals surface area contributed by atoms with Gasteiger partial charge in [0.05, 0.1) is 12.6 Å². The summed E-state index contributed by atoms with van der Waals surface area (Å²) in [5.41, 5.74) is 2.85. The number of aryl methyl sites for hydroxylation is 1. The number of ether oxygens (including phenoxy) is 1. The van der Waals surface area contributed by atoms with E-state index in [2.05, 4.69) is 18.0 Å². The summed E-state index contributed by atoms with van der Waals surface area (Å²) in [7, 11) is 1.64. The van der Waals surface area contributed by atoms with Crippen LogP contribution in [0.2, 0.25) is 0 Å². The highest BCUT2D eigenvalue weighted by Crippen LogP contribution is 2.29. The van der Waals surface area contributed by atoms with E-state index in [4.69, 9.17) is 4.74 Å². The van der Waals surface area contributed by atoms with Gasteiger partial charge in [0, 0.05) is 15.8 Å². The number of benzene rings is 1. The van der Waals surface area contributed by atoms with Crippen LogP contribution < -0.4 is 4.74 Å². The molecule has 0 bridgehead atoms. The molecule has 3 aromatic rings. The molecule has 2 heterocycles.